The predicted molar refractivity (Wildman–Crippen MR) is 88.0 cm³/mol. The van der Waals surface area contributed by atoms with E-state index in [2.05, 4.69) is 15.3 Å². The summed E-state index contributed by atoms with van der Waals surface area (Å²) in [7, 11) is 1.69. The molecule has 1 aromatic heterocycles. The normalized spacial score (nSPS) is 18.2. The predicted octanol–water partition coefficient (Wildman–Crippen LogP) is 2.65. The van der Waals surface area contributed by atoms with E-state index in [1.54, 1.807) is 7.11 Å². The van der Waals surface area contributed by atoms with E-state index in [0.717, 1.165) is 37.1 Å². The molecule has 1 fully saturated rings. The van der Waals surface area contributed by atoms with Crippen LogP contribution in [0, 0.1) is 13.8 Å². The zero-order chi connectivity index (χ0) is 16.2. The first-order valence-corrected chi connectivity index (χ1v) is 8.62. The molecule has 22 heavy (non-hydrogen) atoms. The lowest BCUT2D eigenvalue weighted by Gasteiger charge is -2.30. The molecule has 5 nitrogen and oxygen atoms in total. The average molecular weight is 323 g/mol. The number of hydrogen-bond donors (Lipinski definition) is 1. The molecule has 1 aliphatic carbocycles. The van der Waals surface area contributed by atoms with Gasteiger partial charge >= 0.3 is 0 Å². The highest BCUT2D eigenvalue weighted by Gasteiger charge is 2.36. The lowest BCUT2D eigenvalue weighted by atomic mass is 9.98. The number of aryl methyl sites for hydroxylation is 2. The first kappa shape index (κ1) is 17.2. The van der Waals surface area contributed by atoms with E-state index in [-0.39, 0.29) is 16.7 Å². The van der Waals surface area contributed by atoms with Gasteiger partial charge < -0.3 is 10.1 Å². The molecule has 1 saturated carbocycles. The molecule has 0 unspecified atom stereocenters. The van der Waals surface area contributed by atoms with Gasteiger partial charge in [-0.05, 0) is 39.7 Å². The highest BCUT2D eigenvalue weighted by molar-refractivity contribution is 8.00. The molecule has 0 saturated heterocycles. The van der Waals surface area contributed by atoms with Crippen molar-refractivity contribution in [1.82, 2.24) is 15.3 Å². The van der Waals surface area contributed by atoms with E-state index in [1.165, 1.54) is 11.8 Å². The summed E-state index contributed by atoms with van der Waals surface area (Å²) >= 11 is 1.41. The first-order chi connectivity index (χ1) is 10.4. The van der Waals surface area contributed by atoms with Gasteiger partial charge in [0.25, 0.3) is 0 Å². The largest absolute Gasteiger partial charge is 0.382 e. The third kappa shape index (κ3) is 4.43. The van der Waals surface area contributed by atoms with Gasteiger partial charge in [-0.2, -0.15) is 0 Å². The van der Waals surface area contributed by atoms with Gasteiger partial charge in [0, 0.05) is 18.5 Å². The van der Waals surface area contributed by atoms with E-state index in [0.29, 0.717) is 11.8 Å². The van der Waals surface area contributed by atoms with Crippen LogP contribution in [-0.4, -0.2) is 40.4 Å². The third-order valence-corrected chi connectivity index (χ3v) is 4.94. The van der Waals surface area contributed by atoms with Gasteiger partial charge in [0.15, 0.2) is 5.16 Å². The quantitative estimate of drug-likeness (QED) is 0.644. The van der Waals surface area contributed by atoms with Crippen molar-refractivity contribution in [3.05, 3.63) is 17.5 Å². The summed E-state index contributed by atoms with van der Waals surface area (Å²) in [5, 5.41) is 3.64. The SMILES string of the molecule is COCC1(NC(=O)[C@@H](C)Sc2nc(C)cc(C)n2)CCCC1. The Morgan fingerprint density at radius 1 is 1.36 bits per heavy atom. The summed E-state index contributed by atoms with van der Waals surface area (Å²) in [6.07, 6.45) is 4.27. The minimum atomic E-state index is -0.226. The summed E-state index contributed by atoms with van der Waals surface area (Å²) in [6.45, 7) is 6.36. The molecule has 1 N–H and O–H groups in total. The van der Waals surface area contributed by atoms with E-state index in [4.69, 9.17) is 4.74 Å². The number of ether oxygens (including phenoxy) is 1. The fraction of sp³-hybridized carbons (Fsp3) is 0.688. The van der Waals surface area contributed by atoms with Gasteiger partial charge in [-0.25, -0.2) is 9.97 Å². The summed E-state index contributed by atoms with van der Waals surface area (Å²) in [5.41, 5.74) is 1.66. The lowest BCUT2D eigenvalue weighted by molar-refractivity contribution is -0.122. The zero-order valence-corrected chi connectivity index (χ0v) is 14.6. The Morgan fingerprint density at radius 2 is 1.95 bits per heavy atom. The lowest BCUT2D eigenvalue weighted by Crippen LogP contribution is -2.51. The van der Waals surface area contributed by atoms with Crippen LogP contribution in [0.3, 0.4) is 0 Å². The van der Waals surface area contributed by atoms with Crippen LogP contribution in [0.2, 0.25) is 0 Å². The molecule has 6 heteroatoms. The molecule has 1 atom stereocenters. The van der Waals surface area contributed by atoms with Crippen LogP contribution in [0.4, 0.5) is 0 Å². The first-order valence-electron chi connectivity index (χ1n) is 7.74. The van der Waals surface area contributed by atoms with Crippen LogP contribution in [0.5, 0.6) is 0 Å². The Bertz CT molecular complexity index is 510. The number of nitrogens with zero attached hydrogens (tertiary/aromatic N) is 2. The summed E-state index contributed by atoms with van der Waals surface area (Å²) in [5.74, 6) is 0.0340. The van der Waals surface area contributed by atoms with Gasteiger partial charge in [0.05, 0.1) is 17.4 Å². The van der Waals surface area contributed by atoms with Gasteiger partial charge in [-0.15, -0.1) is 0 Å². The number of thioether (sulfide) groups is 1. The maximum atomic E-state index is 12.5. The fourth-order valence-corrected chi connectivity index (χ4v) is 3.83. The number of nitrogens with one attached hydrogen (secondary N) is 1. The number of aromatic nitrogens is 2. The molecular weight excluding hydrogens is 298 g/mol. The Morgan fingerprint density at radius 3 is 2.50 bits per heavy atom. The van der Waals surface area contributed by atoms with Gasteiger partial charge in [-0.1, -0.05) is 24.6 Å². The van der Waals surface area contributed by atoms with Gasteiger partial charge in [-0.3, -0.25) is 4.79 Å². The maximum absolute atomic E-state index is 12.5. The zero-order valence-electron chi connectivity index (χ0n) is 13.8. The Kier molecular flexibility index (Phi) is 5.81. The highest BCUT2D eigenvalue weighted by atomic mass is 32.2. The smallest absolute Gasteiger partial charge is 0.233 e. The maximum Gasteiger partial charge on any atom is 0.233 e. The number of hydrogen-bond acceptors (Lipinski definition) is 5. The second-order valence-electron chi connectivity index (χ2n) is 6.10. The number of carbonyl (C=O) groups is 1. The van der Waals surface area contributed by atoms with Crippen molar-refractivity contribution in [2.75, 3.05) is 13.7 Å². The third-order valence-electron chi connectivity index (χ3n) is 3.98. The second-order valence-corrected chi connectivity index (χ2v) is 7.41. The molecule has 1 aromatic rings. The Balaban J connectivity index is 1.99. The van der Waals surface area contributed by atoms with E-state index >= 15 is 0 Å². The van der Waals surface area contributed by atoms with Crippen LogP contribution < -0.4 is 5.32 Å². The Hall–Kier alpha value is -1.14. The van der Waals surface area contributed by atoms with Crippen LogP contribution >= 0.6 is 11.8 Å². The highest BCUT2D eigenvalue weighted by Crippen LogP contribution is 2.31. The summed E-state index contributed by atoms with van der Waals surface area (Å²) in [6, 6.07) is 1.93. The van der Waals surface area contributed by atoms with Crippen molar-refractivity contribution in [1.29, 1.82) is 0 Å². The fourth-order valence-electron chi connectivity index (χ4n) is 2.95. The van der Waals surface area contributed by atoms with Crippen molar-refractivity contribution >= 4 is 17.7 Å². The molecule has 122 valence electrons. The van der Waals surface area contributed by atoms with Crippen molar-refractivity contribution in [3.63, 3.8) is 0 Å². The molecule has 0 spiro atoms. The second kappa shape index (κ2) is 7.42. The van der Waals surface area contributed by atoms with Crippen molar-refractivity contribution in [2.24, 2.45) is 0 Å². The summed E-state index contributed by atoms with van der Waals surface area (Å²) in [4.78, 5) is 21.3. The molecule has 0 aliphatic heterocycles. The molecule has 0 radical (unpaired) electrons. The molecule has 2 rings (SSSR count). The molecule has 1 aliphatic rings. The van der Waals surface area contributed by atoms with Crippen LogP contribution in [-0.2, 0) is 9.53 Å². The molecule has 1 amide bonds. The minimum Gasteiger partial charge on any atom is -0.382 e. The van der Waals surface area contributed by atoms with Crippen LogP contribution in [0.1, 0.15) is 44.0 Å². The monoisotopic (exact) mass is 323 g/mol. The number of amides is 1. The van der Waals surface area contributed by atoms with Crippen LogP contribution in [0.25, 0.3) is 0 Å². The Labute approximate surface area is 136 Å². The minimum absolute atomic E-state index is 0.0340. The molecule has 1 heterocycles. The molecule has 0 bridgehead atoms. The number of rotatable bonds is 6. The van der Waals surface area contributed by atoms with Crippen LogP contribution in [0.15, 0.2) is 11.2 Å². The standard InChI is InChI=1S/C16H25N3O2S/c1-11-9-12(2)18-15(17-11)22-13(3)14(20)19-16(10-21-4)7-5-6-8-16/h9,13H,5-8,10H2,1-4H3,(H,19,20)/t13-/m1/s1. The molecular formula is C16H25N3O2S. The van der Waals surface area contributed by atoms with Crippen molar-refractivity contribution in [3.8, 4) is 0 Å². The number of carbonyl (C=O) groups excluding carboxylic acids is 1. The van der Waals surface area contributed by atoms with Crippen molar-refractivity contribution < 1.29 is 9.53 Å². The summed E-state index contributed by atoms with van der Waals surface area (Å²) < 4.78 is 5.31. The average Bonchev–Trinajstić information content (AvgIpc) is 2.86. The van der Waals surface area contributed by atoms with E-state index < -0.39 is 0 Å². The number of methoxy groups -OCH3 is 1. The molecule has 0 aromatic carbocycles. The topological polar surface area (TPSA) is 64.1 Å². The van der Waals surface area contributed by atoms with Crippen molar-refractivity contribution in [2.45, 2.75) is 62.4 Å². The van der Waals surface area contributed by atoms with E-state index in [1.807, 2.05) is 26.8 Å². The van der Waals surface area contributed by atoms with Gasteiger partial charge in [0.1, 0.15) is 0 Å². The van der Waals surface area contributed by atoms with Gasteiger partial charge in [0.2, 0.25) is 5.91 Å². The van der Waals surface area contributed by atoms with E-state index in [9.17, 15) is 4.79 Å².